The minimum absolute atomic E-state index is 0.00160. The van der Waals surface area contributed by atoms with Gasteiger partial charge < -0.3 is 4.74 Å². The first-order valence-corrected chi connectivity index (χ1v) is 10.6. The van der Waals surface area contributed by atoms with Gasteiger partial charge in [0.05, 0.1) is 4.24 Å². The Balaban J connectivity index is 1.86. The van der Waals surface area contributed by atoms with Gasteiger partial charge >= 0.3 is 0 Å². The van der Waals surface area contributed by atoms with Crippen LogP contribution in [-0.2, 0) is 9.53 Å². The van der Waals surface area contributed by atoms with Crippen LogP contribution < -0.4 is 0 Å². The van der Waals surface area contributed by atoms with Crippen LogP contribution in [0.5, 0.6) is 0 Å². The first kappa shape index (κ1) is 18.9. The highest BCUT2D eigenvalue weighted by Crippen LogP contribution is 2.45. The molecular weight excluding hydrogens is 326 g/mol. The minimum atomic E-state index is -0.191. The number of thioether (sulfide) groups is 2. The fraction of sp³-hybridized carbons (Fsp3) is 0.778. The van der Waals surface area contributed by atoms with Crippen LogP contribution in [0.4, 0.5) is 0 Å². The summed E-state index contributed by atoms with van der Waals surface area (Å²) in [6.45, 7) is 2.28. The monoisotopic (exact) mass is 353 g/mol. The Labute approximate surface area is 148 Å². The van der Waals surface area contributed by atoms with Crippen LogP contribution in [0.1, 0.15) is 45.4 Å². The van der Waals surface area contributed by atoms with E-state index < -0.39 is 0 Å². The first-order chi connectivity index (χ1) is 11.2. The Morgan fingerprint density at radius 3 is 2.39 bits per heavy atom. The first-order valence-electron chi connectivity index (χ1n) is 8.61. The van der Waals surface area contributed by atoms with Crippen LogP contribution in [-0.4, -0.2) is 31.0 Å². The number of nitrogens with zero attached hydrogens (tertiary/aromatic N) is 1. The fourth-order valence-corrected chi connectivity index (χ4v) is 6.66. The van der Waals surface area contributed by atoms with Crippen molar-refractivity contribution in [2.45, 2.75) is 45.4 Å². The van der Waals surface area contributed by atoms with Crippen molar-refractivity contribution in [3.8, 4) is 6.07 Å². The number of ketones is 1. The summed E-state index contributed by atoms with van der Waals surface area (Å²) < 4.78 is 5.78. The molecule has 0 spiro atoms. The summed E-state index contributed by atoms with van der Waals surface area (Å²) in [5, 5.41) is 9.26. The summed E-state index contributed by atoms with van der Waals surface area (Å²) in [4.78, 5) is 11.9. The molecule has 2 fully saturated rings. The molecule has 128 valence electrons. The second-order valence-corrected chi connectivity index (χ2v) is 8.90. The molecule has 0 aromatic heterocycles. The van der Waals surface area contributed by atoms with Crippen LogP contribution in [0, 0.1) is 29.1 Å². The van der Waals surface area contributed by atoms with Crippen LogP contribution in [0.15, 0.2) is 9.81 Å². The van der Waals surface area contributed by atoms with E-state index in [1.807, 2.05) is 0 Å². The maximum atomic E-state index is 11.9. The molecule has 0 aromatic carbocycles. The van der Waals surface area contributed by atoms with E-state index in [1.54, 1.807) is 23.5 Å². The van der Waals surface area contributed by atoms with Crippen molar-refractivity contribution >= 4 is 29.3 Å². The molecule has 5 heteroatoms. The number of rotatable bonds is 6. The Bertz CT molecular complexity index is 466. The Morgan fingerprint density at radius 1 is 1.22 bits per heavy atom. The highest BCUT2D eigenvalue weighted by atomic mass is 32.2. The molecule has 0 aromatic rings. The van der Waals surface area contributed by atoms with Crippen LogP contribution >= 0.6 is 23.5 Å². The predicted octanol–water partition coefficient (Wildman–Crippen LogP) is 4.64. The normalized spacial score (nSPS) is 28.2. The standard InChI is InChI=1S/C18H27NO2S2/c1-3-4-13-5-7-14(8-6-13)15-11-22-18(23-12-15)16(9-19)17(20)10-21-2/h13-15H,3-8,10-12H2,1-2H3. The summed E-state index contributed by atoms with van der Waals surface area (Å²) in [6.07, 6.45) is 8.21. The van der Waals surface area contributed by atoms with Gasteiger partial charge in [-0.3, -0.25) is 4.79 Å². The number of methoxy groups -OCH3 is 1. The predicted molar refractivity (Wildman–Crippen MR) is 98.3 cm³/mol. The number of hydrogen-bond donors (Lipinski definition) is 0. The molecule has 1 saturated heterocycles. The van der Waals surface area contributed by atoms with E-state index in [2.05, 4.69) is 13.0 Å². The average molecular weight is 354 g/mol. The molecular formula is C18H27NO2S2. The van der Waals surface area contributed by atoms with Crippen molar-refractivity contribution in [3.63, 3.8) is 0 Å². The number of ether oxygens (including phenoxy) is 1. The molecule has 0 atom stereocenters. The highest BCUT2D eigenvalue weighted by Gasteiger charge is 2.31. The van der Waals surface area contributed by atoms with Gasteiger partial charge in [0, 0.05) is 18.6 Å². The zero-order valence-electron chi connectivity index (χ0n) is 14.2. The molecule has 0 amide bonds. The minimum Gasteiger partial charge on any atom is -0.377 e. The van der Waals surface area contributed by atoms with Crippen molar-refractivity contribution in [1.29, 1.82) is 5.26 Å². The molecule has 1 aliphatic heterocycles. The number of carbonyl (C=O) groups excluding carboxylic acids is 1. The van der Waals surface area contributed by atoms with E-state index >= 15 is 0 Å². The second kappa shape index (κ2) is 9.76. The summed E-state index contributed by atoms with van der Waals surface area (Å²) in [5.41, 5.74) is 0.298. The molecule has 2 aliphatic rings. The number of nitriles is 1. The van der Waals surface area contributed by atoms with Crippen LogP contribution in [0.2, 0.25) is 0 Å². The van der Waals surface area contributed by atoms with Crippen molar-refractivity contribution < 1.29 is 9.53 Å². The van der Waals surface area contributed by atoms with Gasteiger partial charge in [-0.1, -0.05) is 32.6 Å². The van der Waals surface area contributed by atoms with E-state index in [4.69, 9.17) is 4.74 Å². The Hall–Kier alpha value is -0.440. The topological polar surface area (TPSA) is 50.1 Å². The number of carbonyl (C=O) groups is 1. The second-order valence-electron chi connectivity index (χ2n) is 6.58. The third-order valence-electron chi connectivity index (χ3n) is 4.98. The Morgan fingerprint density at radius 2 is 1.87 bits per heavy atom. The highest BCUT2D eigenvalue weighted by molar-refractivity contribution is 8.22. The summed E-state index contributed by atoms with van der Waals surface area (Å²) in [7, 11) is 1.49. The van der Waals surface area contributed by atoms with Gasteiger partial charge in [-0.2, -0.15) is 5.26 Å². The van der Waals surface area contributed by atoms with Crippen LogP contribution in [0.3, 0.4) is 0 Å². The van der Waals surface area contributed by atoms with Gasteiger partial charge in [0.1, 0.15) is 18.2 Å². The third kappa shape index (κ3) is 5.27. The summed E-state index contributed by atoms with van der Waals surface area (Å²) >= 11 is 3.41. The van der Waals surface area contributed by atoms with Crippen molar-refractivity contribution in [2.75, 3.05) is 25.2 Å². The number of Topliss-reactive ketones (excluding diaryl/α,β-unsaturated/α-hetero) is 1. The molecule has 0 N–H and O–H groups in total. The molecule has 0 bridgehead atoms. The van der Waals surface area contributed by atoms with E-state index in [1.165, 1.54) is 45.6 Å². The zero-order chi connectivity index (χ0) is 16.7. The van der Waals surface area contributed by atoms with Gasteiger partial charge in [0.2, 0.25) is 5.78 Å². The molecule has 0 unspecified atom stereocenters. The molecule has 3 nitrogen and oxygen atoms in total. The third-order valence-corrected chi connectivity index (χ3v) is 7.81. The van der Waals surface area contributed by atoms with Gasteiger partial charge in [0.25, 0.3) is 0 Å². The van der Waals surface area contributed by atoms with E-state index in [9.17, 15) is 10.1 Å². The van der Waals surface area contributed by atoms with E-state index in [-0.39, 0.29) is 12.4 Å². The maximum absolute atomic E-state index is 11.9. The molecule has 1 heterocycles. The lowest BCUT2D eigenvalue weighted by Gasteiger charge is -2.36. The van der Waals surface area contributed by atoms with Gasteiger partial charge in [-0.25, -0.2) is 0 Å². The van der Waals surface area contributed by atoms with Gasteiger partial charge in [-0.15, -0.1) is 23.5 Å². The van der Waals surface area contributed by atoms with E-state index in [0.717, 1.165) is 33.5 Å². The lowest BCUT2D eigenvalue weighted by Crippen LogP contribution is -2.27. The van der Waals surface area contributed by atoms with Crippen LogP contribution in [0.25, 0.3) is 0 Å². The SMILES string of the molecule is CCCC1CCC(C2CSC(=C(C#N)C(=O)COC)SC2)CC1. The number of hydrogen-bond acceptors (Lipinski definition) is 5. The van der Waals surface area contributed by atoms with Gasteiger partial charge in [-0.05, 0) is 30.6 Å². The smallest absolute Gasteiger partial charge is 0.200 e. The van der Waals surface area contributed by atoms with Crippen molar-refractivity contribution in [1.82, 2.24) is 0 Å². The molecule has 2 rings (SSSR count). The Kier molecular flexibility index (Phi) is 8.02. The average Bonchev–Trinajstić information content (AvgIpc) is 2.57. The molecule has 23 heavy (non-hydrogen) atoms. The van der Waals surface area contributed by atoms with Crippen molar-refractivity contribution in [2.24, 2.45) is 17.8 Å². The lowest BCUT2D eigenvalue weighted by atomic mass is 9.75. The summed E-state index contributed by atoms with van der Waals surface area (Å²) in [6, 6.07) is 2.08. The largest absolute Gasteiger partial charge is 0.377 e. The fourth-order valence-electron chi connectivity index (χ4n) is 3.65. The van der Waals surface area contributed by atoms with E-state index in [0.29, 0.717) is 5.57 Å². The molecule has 1 saturated carbocycles. The molecule has 1 aliphatic carbocycles. The maximum Gasteiger partial charge on any atom is 0.200 e. The summed E-state index contributed by atoms with van der Waals surface area (Å²) in [5.74, 6) is 4.43. The van der Waals surface area contributed by atoms with Crippen molar-refractivity contribution in [3.05, 3.63) is 9.81 Å². The van der Waals surface area contributed by atoms with Gasteiger partial charge in [0.15, 0.2) is 0 Å². The molecule has 0 radical (unpaired) electrons. The quantitative estimate of drug-likeness (QED) is 0.514. The lowest BCUT2D eigenvalue weighted by molar-refractivity contribution is -0.118. The zero-order valence-corrected chi connectivity index (χ0v) is 15.8.